The molecule has 0 unspecified atom stereocenters. The molecular formula is C44H39BF2N4O. The summed E-state index contributed by atoms with van der Waals surface area (Å²) in [6.45, 7) is 3.83. The summed E-state index contributed by atoms with van der Waals surface area (Å²) in [6, 6.07) is 23.7. The van der Waals surface area contributed by atoms with Gasteiger partial charge in [-0.15, -0.1) is 6.42 Å². The number of hydrogen-bond donors (Lipinski definition) is 2. The van der Waals surface area contributed by atoms with E-state index in [0.717, 1.165) is 66.3 Å². The van der Waals surface area contributed by atoms with Gasteiger partial charge in [-0.3, -0.25) is 0 Å². The van der Waals surface area contributed by atoms with Crippen LogP contribution in [-0.4, -0.2) is 38.2 Å². The zero-order valence-electron chi connectivity index (χ0n) is 29.7. The smallest absolute Gasteiger partial charge is 0.481 e. The zero-order valence-corrected chi connectivity index (χ0v) is 29.7. The van der Waals surface area contributed by atoms with Crippen molar-refractivity contribution >= 4 is 58.3 Å². The monoisotopic (exact) mass is 688 g/mol. The molecule has 0 atom stereocenters. The number of halogens is 2. The topological polar surface area (TPSA) is 48.8 Å². The standard InChI is InChI=1S/C44H39BF2N4O/c1-6-25-52-33-21-17-30(18-22-33)42-43-28(4)34(7-2)40(23-19-31-26-48-38-15-11-9-13-36(31)38)50(43)45(46,47)51-41(35(8-3)29(5)44(42)51)24-20-32-27-49-39-16-12-10-14-37(32)39/h1,9-24,26-27,48-49H,7-8,25H2,2-5H3/b23-19+,24-20+. The first-order chi connectivity index (χ1) is 25.3. The third-order valence-electron chi connectivity index (χ3n) is 10.6. The highest BCUT2D eigenvalue weighted by molar-refractivity contribution is 6.59. The molecular weight excluding hydrogens is 649 g/mol. The lowest BCUT2D eigenvalue weighted by atomic mass is 9.83. The van der Waals surface area contributed by atoms with E-state index in [0.29, 0.717) is 41.4 Å². The van der Waals surface area contributed by atoms with E-state index < -0.39 is 6.97 Å². The SMILES string of the molecule is C#CCOc1ccc(C2=C3C(C)=C(CC)C(/C=C/c4c[nH]c5ccccc45)=[N+]3[B-](F)(F)n3c(/C=C/c4c[nH]c5ccccc45)c(CC)c(C)c32)cc1. The molecule has 8 rings (SSSR count). The fraction of sp³-hybridized carbons (Fsp3) is 0.159. The predicted octanol–water partition coefficient (Wildman–Crippen LogP) is 10.4. The van der Waals surface area contributed by atoms with Crippen molar-refractivity contribution in [2.24, 2.45) is 0 Å². The van der Waals surface area contributed by atoms with Crippen LogP contribution in [0.1, 0.15) is 66.4 Å². The lowest BCUT2D eigenvalue weighted by molar-refractivity contribution is -0.362. The minimum absolute atomic E-state index is 0.145. The highest BCUT2D eigenvalue weighted by Crippen LogP contribution is 2.48. The quantitative estimate of drug-likeness (QED) is 0.115. The summed E-state index contributed by atoms with van der Waals surface area (Å²) in [7, 11) is 0. The fourth-order valence-electron chi connectivity index (χ4n) is 8.22. The second-order valence-electron chi connectivity index (χ2n) is 13.3. The maximum Gasteiger partial charge on any atom is 0.737 e. The van der Waals surface area contributed by atoms with Crippen molar-refractivity contribution < 1.29 is 17.9 Å². The van der Waals surface area contributed by atoms with Crippen molar-refractivity contribution in [2.45, 2.75) is 40.5 Å². The summed E-state index contributed by atoms with van der Waals surface area (Å²) < 4.78 is 44.3. The van der Waals surface area contributed by atoms with Crippen molar-refractivity contribution in [3.05, 3.63) is 147 Å². The molecule has 0 saturated heterocycles. The van der Waals surface area contributed by atoms with E-state index in [1.54, 1.807) is 0 Å². The third-order valence-corrected chi connectivity index (χ3v) is 10.6. The first-order valence-corrected chi connectivity index (χ1v) is 17.8. The molecule has 0 radical (unpaired) electrons. The Bertz CT molecular complexity index is 2600. The van der Waals surface area contributed by atoms with E-state index in [2.05, 4.69) is 15.9 Å². The lowest BCUT2D eigenvalue weighted by Gasteiger charge is -2.34. The number of H-pyrrole nitrogens is 2. The second kappa shape index (κ2) is 12.9. The predicted molar refractivity (Wildman–Crippen MR) is 212 cm³/mol. The molecule has 0 aliphatic carbocycles. The number of aromatic amines is 2. The van der Waals surface area contributed by atoms with E-state index in [4.69, 9.17) is 11.2 Å². The van der Waals surface area contributed by atoms with Crippen molar-refractivity contribution in [3.8, 4) is 18.1 Å². The van der Waals surface area contributed by atoms with Gasteiger partial charge in [-0.1, -0.05) is 74.4 Å². The summed E-state index contributed by atoms with van der Waals surface area (Å²) in [5, 5.41) is 2.08. The largest absolute Gasteiger partial charge is 0.737 e. The van der Waals surface area contributed by atoms with E-state index in [9.17, 15) is 0 Å². The third kappa shape index (κ3) is 5.11. The van der Waals surface area contributed by atoms with Gasteiger partial charge in [0.25, 0.3) is 0 Å². The van der Waals surface area contributed by atoms with Crippen LogP contribution in [-0.2, 0) is 6.42 Å². The molecule has 6 aromatic rings. The number of allylic oxidation sites excluding steroid dienone is 3. The number of para-hydroxylation sites is 2. The molecule has 0 saturated carbocycles. The Kier molecular flexibility index (Phi) is 8.22. The van der Waals surface area contributed by atoms with Crippen LogP contribution in [0.4, 0.5) is 8.63 Å². The molecule has 2 aliphatic rings. The van der Waals surface area contributed by atoms with Crippen molar-refractivity contribution in [1.82, 2.24) is 14.4 Å². The first-order valence-electron chi connectivity index (χ1n) is 17.8. The van der Waals surface area contributed by atoms with Crippen LogP contribution in [0, 0.1) is 19.3 Å². The molecule has 5 heterocycles. The van der Waals surface area contributed by atoms with Crippen LogP contribution in [0.3, 0.4) is 0 Å². The first kappa shape index (κ1) is 33.1. The maximum atomic E-state index is 18.0. The number of fused-ring (bicyclic) bond motifs is 4. The number of ether oxygens (including phenoxy) is 1. The fourth-order valence-corrected chi connectivity index (χ4v) is 8.22. The van der Waals surface area contributed by atoms with Crippen LogP contribution in [0.25, 0.3) is 45.6 Å². The van der Waals surface area contributed by atoms with Crippen LogP contribution >= 0.6 is 0 Å². The van der Waals surface area contributed by atoms with E-state index in [1.807, 2.05) is 137 Å². The summed E-state index contributed by atoms with van der Waals surface area (Å²) in [4.78, 5) is 6.63. The Morgan fingerprint density at radius 3 is 2.04 bits per heavy atom. The van der Waals surface area contributed by atoms with Gasteiger partial charge in [-0.05, 0) is 90.9 Å². The van der Waals surface area contributed by atoms with Crippen molar-refractivity contribution in [3.63, 3.8) is 0 Å². The molecule has 0 bridgehead atoms. The number of nitrogens with one attached hydrogen (secondary N) is 2. The second-order valence-corrected chi connectivity index (χ2v) is 13.3. The Morgan fingerprint density at radius 1 is 0.827 bits per heavy atom. The Hall–Kier alpha value is -6.07. The number of terminal acetylenes is 1. The molecule has 0 spiro atoms. The van der Waals surface area contributed by atoms with Gasteiger partial charge in [0.2, 0.25) is 0 Å². The number of hydrogen-bond acceptors (Lipinski definition) is 1. The lowest BCUT2D eigenvalue weighted by Crippen LogP contribution is -2.51. The summed E-state index contributed by atoms with van der Waals surface area (Å²) in [5.41, 5.74) is 11.1. The van der Waals surface area contributed by atoms with Crippen LogP contribution in [0.15, 0.2) is 108 Å². The van der Waals surface area contributed by atoms with Gasteiger partial charge in [0.1, 0.15) is 12.4 Å². The molecule has 0 amide bonds. The summed E-state index contributed by atoms with van der Waals surface area (Å²) in [6.07, 6.45) is 18.2. The van der Waals surface area contributed by atoms with E-state index >= 15 is 8.63 Å². The van der Waals surface area contributed by atoms with Gasteiger partial charge in [-0.2, -0.15) is 0 Å². The maximum absolute atomic E-state index is 18.0. The molecule has 8 heteroatoms. The zero-order chi connectivity index (χ0) is 36.1. The molecule has 2 aliphatic heterocycles. The normalized spacial score (nSPS) is 15.5. The average Bonchev–Trinajstić information content (AvgIpc) is 3.91. The van der Waals surface area contributed by atoms with E-state index in [-0.39, 0.29) is 6.61 Å². The number of aromatic nitrogens is 3. The van der Waals surface area contributed by atoms with Crippen LogP contribution in [0.2, 0.25) is 0 Å². The molecule has 52 heavy (non-hydrogen) atoms. The molecule has 3 aromatic heterocycles. The van der Waals surface area contributed by atoms with Crippen molar-refractivity contribution in [2.75, 3.05) is 6.61 Å². The number of benzene rings is 3. The van der Waals surface area contributed by atoms with Crippen LogP contribution < -0.4 is 4.74 Å². The van der Waals surface area contributed by atoms with Gasteiger partial charge in [0.15, 0.2) is 11.4 Å². The van der Waals surface area contributed by atoms with Crippen molar-refractivity contribution in [1.29, 1.82) is 0 Å². The number of nitrogens with zero attached hydrogens (tertiary/aromatic N) is 2. The number of rotatable bonds is 9. The van der Waals surface area contributed by atoms with Gasteiger partial charge in [0.05, 0.1) is 5.57 Å². The van der Waals surface area contributed by atoms with E-state index in [1.165, 1.54) is 8.96 Å². The summed E-state index contributed by atoms with van der Waals surface area (Å²) in [5.74, 6) is 3.13. The van der Waals surface area contributed by atoms with Gasteiger partial charge >= 0.3 is 6.97 Å². The highest BCUT2D eigenvalue weighted by atomic mass is 19.2. The Morgan fingerprint density at radius 2 is 1.44 bits per heavy atom. The van der Waals surface area contributed by atoms with Gasteiger partial charge in [0, 0.05) is 62.8 Å². The molecule has 258 valence electrons. The van der Waals surface area contributed by atoms with Crippen LogP contribution in [0.5, 0.6) is 5.75 Å². The average molecular weight is 689 g/mol. The minimum Gasteiger partial charge on any atom is -0.481 e. The Balaban J connectivity index is 1.40. The summed E-state index contributed by atoms with van der Waals surface area (Å²) >= 11 is 0. The highest BCUT2D eigenvalue weighted by Gasteiger charge is 2.57. The Labute approximate surface area is 302 Å². The molecule has 2 N–H and O–H groups in total. The molecule has 3 aromatic carbocycles. The minimum atomic E-state index is -4.36. The molecule has 0 fully saturated rings. The van der Waals surface area contributed by atoms with Gasteiger partial charge in [-0.25, -0.2) is 0 Å². The molecule has 5 nitrogen and oxygen atoms in total. The van der Waals surface area contributed by atoms with Gasteiger partial charge < -0.3 is 32.3 Å².